The molecule has 0 aliphatic rings. The molecule has 32 heavy (non-hydrogen) atoms. The molecular formula is C24H28N2O5S. The van der Waals surface area contributed by atoms with Crippen LogP contribution in [0.15, 0.2) is 53.4 Å². The molecule has 3 aromatic carbocycles. The van der Waals surface area contributed by atoms with Crippen LogP contribution in [0.4, 0.5) is 5.69 Å². The van der Waals surface area contributed by atoms with Gasteiger partial charge in [-0.25, -0.2) is 13.1 Å². The van der Waals surface area contributed by atoms with Crippen LogP contribution < -0.4 is 24.7 Å². The van der Waals surface area contributed by atoms with E-state index >= 15 is 0 Å². The number of benzene rings is 3. The predicted molar refractivity (Wildman–Crippen MR) is 125 cm³/mol. The molecule has 8 heteroatoms. The van der Waals surface area contributed by atoms with E-state index < -0.39 is 10.0 Å². The number of nitrogens with one attached hydrogen (secondary N) is 1. The Labute approximate surface area is 189 Å². The standard InChI is InChI=1S/C24H28N2O5S/c1-15-10-16(2)17(3)22(11-15)31-21-9-7-19(25)12-24(21)32(27,28)26-14-18-6-8-20(29-4)13-23(18)30-5/h6-13,26H,14,25H2,1-5H3. The molecule has 0 fully saturated rings. The normalized spacial score (nSPS) is 11.3. The lowest BCUT2D eigenvalue weighted by Crippen LogP contribution is -2.24. The fourth-order valence-electron chi connectivity index (χ4n) is 3.29. The second-order valence-corrected chi connectivity index (χ2v) is 9.25. The second-order valence-electron chi connectivity index (χ2n) is 7.52. The molecule has 0 aliphatic heterocycles. The smallest absolute Gasteiger partial charge is 0.244 e. The third kappa shape index (κ3) is 5.15. The van der Waals surface area contributed by atoms with Crippen LogP contribution in [0.5, 0.6) is 23.0 Å². The van der Waals surface area contributed by atoms with E-state index in [4.69, 9.17) is 19.9 Å². The van der Waals surface area contributed by atoms with Crippen molar-refractivity contribution in [2.75, 3.05) is 20.0 Å². The second kappa shape index (κ2) is 9.50. The zero-order valence-electron chi connectivity index (χ0n) is 18.9. The minimum Gasteiger partial charge on any atom is -0.497 e. The fourth-order valence-corrected chi connectivity index (χ4v) is 4.46. The van der Waals surface area contributed by atoms with Gasteiger partial charge in [0.05, 0.1) is 14.2 Å². The highest BCUT2D eigenvalue weighted by molar-refractivity contribution is 7.89. The Morgan fingerprint density at radius 2 is 1.62 bits per heavy atom. The first kappa shape index (κ1) is 23.4. The van der Waals surface area contributed by atoms with E-state index in [0.717, 1.165) is 16.7 Å². The molecule has 0 heterocycles. The van der Waals surface area contributed by atoms with E-state index in [0.29, 0.717) is 28.5 Å². The summed E-state index contributed by atoms with van der Waals surface area (Å²) in [6.45, 7) is 5.90. The van der Waals surface area contributed by atoms with Crippen molar-refractivity contribution in [1.82, 2.24) is 4.72 Å². The van der Waals surface area contributed by atoms with Crippen molar-refractivity contribution in [2.24, 2.45) is 0 Å². The molecule has 0 bridgehead atoms. The Morgan fingerprint density at radius 3 is 2.31 bits per heavy atom. The van der Waals surface area contributed by atoms with E-state index in [1.807, 2.05) is 32.9 Å². The number of ether oxygens (including phenoxy) is 3. The van der Waals surface area contributed by atoms with Crippen LogP contribution in [-0.4, -0.2) is 22.6 Å². The van der Waals surface area contributed by atoms with E-state index in [9.17, 15) is 8.42 Å². The van der Waals surface area contributed by atoms with Crippen molar-refractivity contribution < 1.29 is 22.6 Å². The molecule has 7 nitrogen and oxygen atoms in total. The van der Waals surface area contributed by atoms with Gasteiger partial charge in [-0.1, -0.05) is 12.1 Å². The third-order valence-electron chi connectivity index (χ3n) is 5.19. The van der Waals surface area contributed by atoms with Crippen molar-refractivity contribution in [3.05, 3.63) is 70.8 Å². The van der Waals surface area contributed by atoms with Crippen LogP contribution in [0.3, 0.4) is 0 Å². The van der Waals surface area contributed by atoms with Gasteiger partial charge in [0, 0.05) is 23.9 Å². The van der Waals surface area contributed by atoms with Gasteiger partial charge in [-0.05, 0) is 67.8 Å². The minimum absolute atomic E-state index is 0.0202. The van der Waals surface area contributed by atoms with Crippen LogP contribution >= 0.6 is 0 Å². The Kier molecular flexibility index (Phi) is 6.96. The van der Waals surface area contributed by atoms with Gasteiger partial charge in [-0.15, -0.1) is 0 Å². The van der Waals surface area contributed by atoms with E-state index in [-0.39, 0.29) is 17.2 Å². The number of anilines is 1. The highest BCUT2D eigenvalue weighted by Gasteiger charge is 2.22. The number of sulfonamides is 1. The lowest BCUT2D eigenvalue weighted by atomic mass is 10.1. The molecule has 0 aliphatic carbocycles. The zero-order chi connectivity index (χ0) is 23.5. The number of aryl methyl sites for hydroxylation is 2. The quantitative estimate of drug-likeness (QED) is 0.485. The predicted octanol–water partition coefficient (Wildman–Crippen LogP) is 4.48. The lowest BCUT2D eigenvalue weighted by molar-refractivity contribution is 0.390. The number of rotatable bonds is 8. The van der Waals surface area contributed by atoms with Crippen molar-refractivity contribution in [3.8, 4) is 23.0 Å². The van der Waals surface area contributed by atoms with Crippen LogP contribution in [0, 0.1) is 20.8 Å². The molecule has 3 rings (SSSR count). The van der Waals surface area contributed by atoms with E-state index in [1.54, 1.807) is 37.4 Å². The van der Waals surface area contributed by atoms with Gasteiger partial charge in [0.1, 0.15) is 27.9 Å². The van der Waals surface area contributed by atoms with Crippen LogP contribution in [0.2, 0.25) is 0 Å². The Balaban J connectivity index is 1.93. The fraction of sp³-hybridized carbons (Fsp3) is 0.250. The van der Waals surface area contributed by atoms with Crippen LogP contribution in [-0.2, 0) is 16.6 Å². The van der Waals surface area contributed by atoms with Gasteiger partial charge in [-0.2, -0.15) is 0 Å². The molecule has 0 amide bonds. The van der Waals surface area contributed by atoms with E-state index in [1.165, 1.54) is 13.2 Å². The maximum atomic E-state index is 13.2. The number of hydrogen-bond donors (Lipinski definition) is 2. The number of methoxy groups -OCH3 is 2. The van der Waals surface area contributed by atoms with Gasteiger partial charge in [0.2, 0.25) is 10.0 Å². The first-order valence-electron chi connectivity index (χ1n) is 10.0. The minimum atomic E-state index is -3.95. The molecule has 0 atom stereocenters. The lowest BCUT2D eigenvalue weighted by Gasteiger charge is -2.16. The number of hydrogen-bond acceptors (Lipinski definition) is 6. The average Bonchev–Trinajstić information content (AvgIpc) is 2.76. The average molecular weight is 457 g/mol. The summed E-state index contributed by atoms with van der Waals surface area (Å²) in [6, 6.07) is 13.7. The van der Waals surface area contributed by atoms with Gasteiger partial charge in [0.25, 0.3) is 0 Å². The maximum absolute atomic E-state index is 13.2. The molecule has 0 radical (unpaired) electrons. The Bertz CT molecular complexity index is 1240. The maximum Gasteiger partial charge on any atom is 0.244 e. The monoisotopic (exact) mass is 456 g/mol. The third-order valence-corrected chi connectivity index (χ3v) is 6.61. The molecular weight excluding hydrogens is 428 g/mol. The summed E-state index contributed by atoms with van der Waals surface area (Å²) in [7, 11) is -0.879. The Morgan fingerprint density at radius 1 is 0.875 bits per heavy atom. The van der Waals surface area contributed by atoms with Crippen molar-refractivity contribution >= 4 is 15.7 Å². The highest BCUT2D eigenvalue weighted by Crippen LogP contribution is 2.34. The molecule has 3 N–H and O–H groups in total. The summed E-state index contributed by atoms with van der Waals surface area (Å²) in [6.07, 6.45) is 0. The van der Waals surface area contributed by atoms with Crippen LogP contribution in [0.1, 0.15) is 22.3 Å². The zero-order valence-corrected chi connectivity index (χ0v) is 19.7. The van der Waals surface area contributed by atoms with Crippen LogP contribution in [0.25, 0.3) is 0 Å². The van der Waals surface area contributed by atoms with Gasteiger partial charge in [-0.3, -0.25) is 0 Å². The SMILES string of the molecule is COc1ccc(CNS(=O)(=O)c2cc(N)ccc2Oc2cc(C)cc(C)c2C)c(OC)c1. The van der Waals surface area contributed by atoms with Gasteiger partial charge in [0.15, 0.2) is 0 Å². The molecule has 0 unspecified atom stereocenters. The summed E-state index contributed by atoms with van der Waals surface area (Å²) in [5.74, 6) is 1.92. The van der Waals surface area contributed by atoms with Crippen molar-refractivity contribution in [1.29, 1.82) is 0 Å². The topological polar surface area (TPSA) is 99.9 Å². The first-order chi connectivity index (χ1) is 15.1. The summed E-state index contributed by atoms with van der Waals surface area (Å²) in [5.41, 5.74) is 9.89. The number of nitrogen functional groups attached to an aromatic ring is 1. The highest BCUT2D eigenvalue weighted by atomic mass is 32.2. The molecule has 0 saturated carbocycles. The summed E-state index contributed by atoms with van der Waals surface area (Å²) >= 11 is 0. The Hall–Kier alpha value is -3.23. The summed E-state index contributed by atoms with van der Waals surface area (Å²) < 4.78 is 45.6. The molecule has 0 spiro atoms. The van der Waals surface area contributed by atoms with Crippen molar-refractivity contribution in [3.63, 3.8) is 0 Å². The molecule has 170 valence electrons. The first-order valence-corrected chi connectivity index (χ1v) is 11.5. The van der Waals surface area contributed by atoms with Gasteiger partial charge >= 0.3 is 0 Å². The van der Waals surface area contributed by atoms with E-state index in [2.05, 4.69) is 4.72 Å². The largest absolute Gasteiger partial charge is 0.497 e. The summed E-state index contributed by atoms with van der Waals surface area (Å²) in [4.78, 5) is -0.0384. The number of nitrogens with two attached hydrogens (primary N) is 1. The van der Waals surface area contributed by atoms with Gasteiger partial charge < -0.3 is 19.9 Å². The van der Waals surface area contributed by atoms with Crippen molar-refractivity contribution in [2.45, 2.75) is 32.2 Å². The summed E-state index contributed by atoms with van der Waals surface area (Å²) in [5, 5.41) is 0. The molecule has 3 aromatic rings. The molecule has 0 aromatic heterocycles. The molecule has 0 saturated heterocycles.